The summed E-state index contributed by atoms with van der Waals surface area (Å²) < 4.78 is 14.1. The highest BCUT2D eigenvalue weighted by atomic mass is 79.9. The lowest BCUT2D eigenvalue weighted by Gasteiger charge is -2.29. The molecule has 0 saturated carbocycles. The fourth-order valence-electron chi connectivity index (χ4n) is 5.99. The fourth-order valence-corrected chi connectivity index (χ4v) is 9.51. The van der Waals surface area contributed by atoms with E-state index in [0.717, 1.165) is 53.0 Å². The Morgan fingerprint density at radius 1 is 1.00 bits per heavy atom. The summed E-state index contributed by atoms with van der Waals surface area (Å²) in [5.41, 5.74) is 6.15. The Hall–Kier alpha value is -4.96. The Morgan fingerprint density at radius 3 is 2.71 bits per heavy atom. The van der Waals surface area contributed by atoms with Crippen LogP contribution in [-0.2, 0) is 19.4 Å². The summed E-state index contributed by atoms with van der Waals surface area (Å²) in [7, 11) is 0. The summed E-state index contributed by atoms with van der Waals surface area (Å²) in [6.07, 6.45) is 2.00. The van der Waals surface area contributed by atoms with E-state index in [-0.39, 0.29) is 11.8 Å². The van der Waals surface area contributed by atoms with Crippen LogP contribution < -0.4 is 19.7 Å². The van der Waals surface area contributed by atoms with Crippen molar-refractivity contribution in [1.29, 1.82) is 0 Å². The van der Waals surface area contributed by atoms with Crippen molar-refractivity contribution in [3.63, 3.8) is 0 Å². The van der Waals surface area contributed by atoms with Gasteiger partial charge in [-0.15, -0.1) is 11.3 Å². The molecule has 1 aliphatic heterocycles. The van der Waals surface area contributed by atoms with Gasteiger partial charge in [0.2, 0.25) is 5.88 Å². The van der Waals surface area contributed by atoms with Crippen molar-refractivity contribution in [3.05, 3.63) is 104 Å². The monoisotopic (exact) mass is 798 g/mol. The minimum absolute atomic E-state index is 0.0795. The first-order chi connectivity index (χ1) is 24.9. The highest BCUT2D eigenvalue weighted by molar-refractivity contribution is 9.10. The number of halogens is 1. The summed E-state index contributed by atoms with van der Waals surface area (Å²) in [4.78, 5) is 45.8. The van der Waals surface area contributed by atoms with Gasteiger partial charge in [0.15, 0.2) is 10.3 Å². The summed E-state index contributed by atoms with van der Waals surface area (Å²) in [6.45, 7) is 1.53. The van der Waals surface area contributed by atoms with Crippen LogP contribution in [0.3, 0.4) is 0 Å². The van der Waals surface area contributed by atoms with E-state index >= 15 is 0 Å². The average Bonchev–Trinajstić information content (AvgIpc) is 3.86. The van der Waals surface area contributed by atoms with E-state index < -0.39 is 6.16 Å². The van der Waals surface area contributed by atoms with Crippen LogP contribution in [0.15, 0.2) is 82.9 Å². The number of hydrogen-bond acceptors (Lipinski definition) is 12. The maximum Gasteiger partial charge on any atom is 0.512 e. The van der Waals surface area contributed by atoms with Gasteiger partial charge in [-0.1, -0.05) is 46.9 Å². The van der Waals surface area contributed by atoms with Crippen LogP contribution in [0.1, 0.15) is 32.8 Å². The van der Waals surface area contributed by atoms with Crippen LogP contribution in [0, 0.1) is 0 Å². The molecular formula is C36H27BrN6O5S3. The lowest BCUT2D eigenvalue weighted by atomic mass is 9.94. The molecule has 8 rings (SSSR count). The summed E-state index contributed by atoms with van der Waals surface area (Å²) in [6, 6.07) is 21.3. The lowest BCUT2D eigenvalue weighted by Crippen LogP contribution is -2.32. The second kappa shape index (κ2) is 14.3. The van der Waals surface area contributed by atoms with Gasteiger partial charge >= 0.3 is 6.16 Å². The number of hydrogen-bond donors (Lipinski definition) is 2. The molecule has 4 aromatic heterocycles. The molecule has 256 valence electrons. The molecule has 2 N–H and O–H groups in total. The number of anilines is 2. The van der Waals surface area contributed by atoms with Crippen molar-refractivity contribution in [3.8, 4) is 22.9 Å². The zero-order valence-electron chi connectivity index (χ0n) is 26.7. The molecule has 0 unspecified atom stereocenters. The first kappa shape index (κ1) is 33.2. The van der Waals surface area contributed by atoms with Gasteiger partial charge in [-0.05, 0) is 88.8 Å². The molecule has 0 bridgehead atoms. The molecule has 0 aliphatic carbocycles. The van der Waals surface area contributed by atoms with Crippen LogP contribution in [-0.4, -0.2) is 50.3 Å². The minimum Gasteiger partial charge on any atom is -0.494 e. The molecule has 0 atom stereocenters. The standard InChI is InChI=1S/C36H27BrN6O5S3/c37-25-18-49-31-29(38-19-39-30(25)31)21-10-12-22(13-11-21)47-16-4-9-28-33(48-36(45)46)42-35(51-28)43-15-14-20-5-3-6-23(24(20)17-43)32(44)41-34-40-26-7-1-2-8-27(26)50-34/h1-3,5-8,10-13,18-19H,4,9,14-17H2,(H,45,46)(H,40,41,44). The van der Waals surface area contributed by atoms with Crippen LogP contribution in [0.5, 0.6) is 11.6 Å². The number of nitrogens with zero attached hydrogens (tertiary/aromatic N) is 5. The summed E-state index contributed by atoms with van der Waals surface area (Å²) in [5, 5.41) is 15.6. The number of thiazole rings is 2. The molecule has 1 aliphatic rings. The van der Waals surface area contributed by atoms with Crippen molar-refractivity contribution in [2.45, 2.75) is 25.8 Å². The number of rotatable bonds is 10. The van der Waals surface area contributed by atoms with Crippen LogP contribution in [0.25, 0.3) is 31.7 Å². The molecule has 0 spiro atoms. The predicted octanol–water partition coefficient (Wildman–Crippen LogP) is 9.07. The minimum atomic E-state index is -1.42. The molecule has 7 aromatic rings. The number of amides is 1. The first-order valence-corrected chi connectivity index (χ1v) is 19.2. The van der Waals surface area contributed by atoms with Crippen molar-refractivity contribution in [2.75, 3.05) is 23.4 Å². The number of thiophene rings is 1. The Balaban J connectivity index is 0.927. The number of carbonyl (C=O) groups is 2. The highest BCUT2D eigenvalue weighted by Crippen LogP contribution is 2.37. The lowest BCUT2D eigenvalue weighted by molar-refractivity contribution is 0.102. The smallest absolute Gasteiger partial charge is 0.494 e. The van der Waals surface area contributed by atoms with Gasteiger partial charge in [0.05, 0.1) is 42.1 Å². The van der Waals surface area contributed by atoms with Gasteiger partial charge in [-0.2, -0.15) is 4.98 Å². The number of fused-ring (bicyclic) bond motifs is 3. The number of nitrogens with one attached hydrogen (secondary N) is 1. The molecule has 11 nitrogen and oxygen atoms in total. The number of benzene rings is 3. The number of aromatic nitrogens is 4. The summed E-state index contributed by atoms with van der Waals surface area (Å²) >= 11 is 7.97. The number of aryl methyl sites for hydroxylation is 1. The Labute approximate surface area is 311 Å². The Kier molecular flexibility index (Phi) is 9.34. The summed E-state index contributed by atoms with van der Waals surface area (Å²) in [5.74, 6) is 0.577. The van der Waals surface area contributed by atoms with Crippen molar-refractivity contribution in [2.24, 2.45) is 0 Å². The van der Waals surface area contributed by atoms with E-state index in [1.165, 1.54) is 22.7 Å². The van der Waals surface area contributed by atoms with Crippen molar-refractivity contribution < 1.29 is 24.2 Å². The average molecular weight is 800 g/mol. The normalized spacial score (nSPS) is 12.6. The van der Waals surface area contributed by atoms with Crippen molar-refractivity contribution >= 4 is 92.7 Å². The first-order valence-electron chi connectivity index (χ1n) is 15.9. The van der Waals surface area contributed by atoms with E-state index in [2.05, 4.69) is 46.1 Å². The Morgan fingerprint density at radius 2 is 1.86 bits per heavy atom. The number of ether oxygens (including phenoxy) is 2. The van der Waals surface area contributed by atoms with Crippen LogP contribution >= 0.6 is 49.9 Å². The highest BCUT2D eigenvalue weighted by Gasteiger charge is 2.26. The molecule has 0 radical (unpaired) electrons. The molecular weight excluding hydrogens is 773 g/mol. The molecule has 0 saturated heterocycles. The second-order valence-corrected chi connectivity index (χ2v) is 15.4. The maximum atomic E-state index is 13.5. The third kappa shape index (κ3) is 7.02. The number of carboxylic acid groups (broad SMARTS) is 1. The van der Waals surface area contributed by atoms with E-state index in [4.69, 9.17) is 9.47 Å². The zero-order valence-corrected chi connectivity index (χ0v) is 30.7. The zero-order chi connectivity index (χ0) is 34.9. The third-order valence-electron chi connectivity index (χ3n) is 8.39. The van der Waals surface area contributed by atoms with E-state index in [1.807, 2.05) is 72.1 Å². The second-order valence-electron chi connectivity index (χ2n) is 11.6. The fraction of sp³-hybridized carbons (Fsp3) is 0.167. The molecule has 15 heteroatoms. The largest absolute Gasteiger partial charge is 0.512 e. The molecule has 3 aromatic carbocycles. The van der Waals surface area contributed by atoms with Gasteiger partial charge in [0.25, 0.3) is 5.91 Å². The number of para-hydroxylation sites is 1. The SMILES string of the molecule is O=C(O)Oc1nc(N2CCc3cccc(C(=O)Nc4nc5ccccc5s4)c3C2)sc1CCCOc1ccc(-c2ncnc3c(Br)csc23)cc1. The van der Waals surface area contributed by atoms with Crippen molar-refractivity contribution in [1.82, 2.24) is 19.9 Å². The quantitative estimate of drug-likeness (QED) is 0.102. The maximum absolute atomic E-state index is 13.5. The topological polar surface area (TPSA) is 140 Å². The van der Waals surface area contributed by atoms with Gasteiger partial charge in [0.1, 0.15) is 12.1 Å². The van der Waals surface area contributed by atoms with Gasteiger partial charge < -0.3 is 19.5 Å². The van der Waals surface area contributed by atoms with Crippen LogP contribution in [0.2, 0.25) is 0 Å². The molecule has 0 fully saturated rings. The number of carbonyl (C=O) groups excluding carboxylic acids is 1. The predicted molar refractivity (Wildman–Crippen MR) is 204 cm³/mol. The van der Waals surface area contributed by atoms with E-state index in [0.29, 0.717) is 59.7 Å². The Bertz CT molecular complexity index is 2380. The van der Waals surface area contributed by atoms with Gasteiger partial charge in [-0.3, -0.25) is 10.1 Å². The van der Waals surface area contributed by atoms with E-state index in [9.17, 15) is 14.7 Å². The molecule has 5 heterocycles. The third-order valence-corrected chi connectivity index (χ3v) is 12.4. The van der Waals surface area contributed by atoms with Gasteiger partial charge in [0, 0.05) is 29.6 Å². The van der Waals surface area contributed by atoms with E-state index in [1.54, 1.807) is 17.7 Å². The van der Waals surface area contributed by atoms with Crippen LogP contribution in [0.4, 0.5) is 15.1 Å². The van der Waals surface area contributed by atoms with Gasteiger partial charge in [-0.25, -0.2) is 19.7 Å². The molecule has 1 amide bonds. The molecule has 51 heavy (non-hydrogen) atoms.